The molecule has 0 aliphatic heterocycles. The van der Waals surface area contributed by atoms with E-state index in [2.05, 4.69) is 10.3 Å². The van der Waals surface area contributed by atoms with E-state index in [1.54, 1.807) is 4.68 Å². The third kappa shape index (κ3) is 2.00. The van der Waals surface area contributed by atoms with E-state index in [0.717, 1.165) is 24.6 Å². The second-order valence-corrected chi connectivity index (χ2v) is 4.20. The average molecular weight is 208 g/mol. The zero-order valence-electron chi connectivity index (χ0n) is 8.94. The first-order valence-electron chi connectivity index (χ1n) is 5.38. The number of carbonyl (C=O) groups is 1. The standard InChI is InChI=1S/C10H16N4O/c1-7-9(10(11)15)12-13-14(7)6-5-8-3-2-4-8/h8H,2-6H2,1H3,(H2,11,15). The van der Waals surface area contributed by atoms with Gasteiger partial charge in [0.1, 0.15) is 0 Å². The molecule has 5 nitrogen and oxygen atoms in total. The first-order valence-corrected chi connectivity index (χ1v) is 5.38. The Morgan fingerprint density at radius 2 is 2.33 bits per heavy atom. The lowest BCUT2D eigenvalue weighted by Gasteiger charge is -2.24. The van der Waals surface area contributed by atoms with E-state index in [0.29, 0.717) is 5.69 Å². The minimum absolute atomic E-state index is 0.295. The molecule has 1 fully saturated rings. The molecule has 0 saturated heterocycles. The number of aromatic nitrogens is 3. The number of aryl methyl sites for hydroxylation is 1. The first-order chi connectivity index (χ1) is 7.18. The maximum atomic E-state index is 10.9. The number of nitrogens with zero attached hydrogens (tertiary/aromatic N) is 3. The van der Waals surface area contributed by atoms with Gasteiger partial charge in [-0.25, -0.2) is 4.68 Å². The molecule has 1 aliphatic rings. The van der Waals surface area contributed by atoms with Gasteiger partial charge in [-0.2, -0.15) is 0 Å². The average Bonchev–Trinajstić information content (AvgIpc) is 2.45. The molecule has 1 amide bonds. The van der Waals surface area contributed by atoms with Crippen LogP contribution in [0.3, 0.4) is 0 Å². The molecule has 1 aliphatic carbocycles. The van der Waals surface area contributed by atoms with Crippen molar-refractivity contribution in [2.24, 2.45) is 11.7 Å². The summed E-state index contributed by atoms with van der Waals surface area (Å²) >= 11 is 0. The molecule has 1 aromatic rings. The maximum absolute atomic E-state index is 10.9. The van der Waals surface area contributed by atoms with Crippen LogP contribution >= 0.6 is 0 Å². The van der Waals surface area contributed by atoms with Gasteiger partial charge in [0.05, 0.1) is 5.69 Å². The third-order valence-electron chi connectivity index (χ3n) is 3.19. The Morgan fingerprint density at radius 3 is 2.80 bits per heavy atom. The lowest BCUT2D eigenvalue weighted by molar-refractivity contribution is 0.0995. The van der Waals surface area contributed by atoms with E-state index in [1.807, 2.05) is 6.92 Å². The molecule has 0 bridgehead atoms. The molecule has 5 heteroatoms. The van der Waals surface area contributed by atoms with E-state index in [9.17, 15) is 4.79 Å². The van der Waals surface area contributed by atoms with Gasteiger partial charge in [-0.15, -0.1) is 5.10 Å². The highest BCUT2D eigenvalue weighted by Crippen LogP contribution is 2.29. The fraction of sp³-hybridized carbons (Fsp3) is 0.700. The van der Waals surface area contributed by atoms with Crippen LogP contribution in [0.5, 0.6) is 0 Å². The molecule has 2 rings (SSSR count). The molecule has 1 heterocycles. The number of hydrogen-bond acceptors (Lipinski definition) is 3. The summed E-state index contributed by atoms with van der Waals surface area (Å²) in [6.45, 7) is 2.68. The fourth-order valence-electron chi connectivity index (χ4n) is 1.89. The Kier molecular flexibility index (Phi) is 2.70. The van der Waals surface area contributed by atoms with Crippen LogP contribution in [0.15, 0.2) is 0 Å². The Bertz CT molecular complexity index is 367. The predicted molar refractivity (Wildman–Crippen MR) is 55.2 cm³/mol. The first kappa shape index (κ1) is 10.1. The Balaban J connectivity index is 1.98. The van der Waals surface area contributed by atoms with E-state index < -0.39 is 5.91 Å². The summed E-state index contributed by atoms with van der Waals surface area (Å²) in [5, 5.41) is 7.71. The highest BCUT2D eigenvalue weighted by atomic mass is 16.1. The second kappa shape index (κ2) is 4.00. The Labute approximate surface area is 88.6 Å². The molecule has 1 saturated carbocycles. The molecule has 0 radical (unpaired) electrons. The van der Waals surface area contributed by atoms with Crippen molar-refractivity contribution in [3.8, 4) is 0 Å². The van der Waals surface area contributed by atoms with Crippen LogP contribution in [-0.2, 0) is 6.54 Å². The molecule has 0 spiro atoms. The summed E-state index contributed by atoms with van der Waals surface area (Å²) in [6.07, 6.45) is 5.14. The van der Waals surface area contributed by atoms with Crippen LogP contribution in [0.1, 0.15) is 41.9 Å². The van der Waals surface area contributed by atoms with Gasteiger partial charge in [-0.05, 0) is 19.3 Å². The number of amides is 1. The van der Waals surface area contributed by atoms with Crippen molar-refractivity contribution in [2.75, 3.05) is 0 Å². The lowest BCUT2D eigenvalue weighted by Crippen LogP contribution is -2.16. The van der Waals surface area contributed by atoms with Gasteiger partial charge in [0.15, 0.2) is 5.69 Å². The fourth-order valence-corrected chi connectivity index (χ4v) is 1.89. The quantitative estimate of drug-likeness (QED) is 0.798. The normalized spacial score (nSPS) is 16.3. The molecule has 0 unspecified atom stereocenters. The summed E-state index contributed by atoms with van der Waals surface area (Å²) in [7, 11) is 0. The largest absolute Gasteiger partial charge is 0.364 e. The number of hydrogen-bond donors (Lipinski definition) is 1. The maximum Gasteiger partial charge on any atom is 0.271 e. The van der Waals surface area contributed by atoms with Crippen LogP contribution in [0, 0.1) is 12.8 Å². The molecule has 15 heavy (non-hydrogen) atoms. The monoisotopic (exact) mass is 208 g/mol. The van der Waals surface area contributed by atoms with E-state index in [4.69, 9.17) is 5.73 Å². The molecule has 0 aromatic carbocycles. The molecule has 1 aromatic heterocycles. The Hall–Kier alpha value is -1.39. The lowest BCUT2D eigenvalue weighted by atomic mass is 9.83. The number of carbonyl (C=O) groups excluding carboxylic acids is 1. The third-order valence-corrected chi connectivity index (χ3v) is 3.19. The highest BCUT2D eigenvalue weighted by Gasteiger charge is 2.19. The predicted octanol–water partition coefficient (Wildman–Crippen LogP) is 0.876. The summed E-state index contributed by atoms with van der Waals surface area (Å²) in [5.41, 5.74) is 6.24. The highest BCUT2D eigenvalue weighted by molar-refractivity contribution is 5.91. The zero-order valence-corrected chi connectivity index (χ0v) is 8.94. The van der Waals surface area contributed by atoms with Gasteiger partial charge in [0.25, 0.3) is 5.91 Å². The number of nitrogens with two attached hydrogens (primary N) is 1. The van der Waals surface area contributed by atoms with Gasteiger partial charge >= 0.3 is 0 Å². The topological polar surface area (TPSA) is 73.8 Å². The minimum atomic E-state index is -0.498. The van der Waals surface area contributed by atoms with Gasteiger partial charge in [-0.3, -0.25) is 4.79 Å². The van der Waals surface area contributed by atoms with Crippen molar-refractivity contribution in [1.29, 1.82) is 0 Å². The smallest absolute Gasteiger partial charge is 0.271 e. The summed E-state index contributed by atoms with van der Waals surface area (Å²) in [4.78, 5) is 10.9. The van der Waals surface area contributed by atoms with Crippen molar-refractivity contribution in [3.63, 3.8) is 0 Å². The molecule has 2 N–H and O–H groups in total. The second-order valence-electron chi connectivity index (χ2n) is 4.20. The molecular weight excluding hydrogens is 192 g/mol. The summed E-state index contributed by atoms with van der Waals surface area (Å²) in [6, 6.07) is 0. The Morgan fingerprint density at radius 1 is 1.60 bits per heavy atom. The SMILES string of the molecule is Cc1c(C(N)=O)nnn1CCC1CCC1. The van der Waals surface area contributed by atoms with Gasteiger partial charge in [-0.1, -0.05) is 24.5 Å². The number of rotatable bonds is 4. The van der Waals surface area contributed by atoms with Crippen molar-refractivity contribution in [2.45, 2.75) is 39.2 Å². The van der Waals surface area contributed by atoms with E-state index in [-0.39, 0.29) is 0 Å². The molecular formula is C10H16N4O. The van der Waals surface area contributed by atoms with Crippen LogP contribution in [0.25, 0.3) is 0 Å². The van der Waals surface area contributed by atoms with Crippen molar-refractivity contribution >= 4 is 5.91 Å². The molecule has 0 atom stereocenters. The van der Waals surface area contributed by atoms with Gasteiger partial charge in [0, 0.05) is 6.54 Å². The van der Waals surface area contributed by atoms with Crippen molar-refractivity contribution in [1.82, 2.24) is 15.0 Å². The van der Waals surface area contributed by atoms with Crippen molar-refractivity contribution < 1.29 is 4.79 Å². The van der Waals surface area contributed by atoms with E-state index in [1.165, 1.54) is 19.3 Å². The number of primary amides is 1. The van der Waals surface area contributed by atoms with Crippen LogP contribution in [-0.4, -0.2) is 20.9 Å². The van der Waals surface area contributed by atoms with Gasteiger partial charge < -0.3 is 5.73 Å². The van der Waals surface area contributed by atoms with Crippen LogP contribution in [0.2, 0.25) is 0 Å². The summed E-state index contributed by atoms with van der Waals surface area (Å²) < 4.78 is 1.78. The van der Waals surface area contributed by atoms with Crippen molar-refractivity contribution in [3.05, 3.63) is 11.4 Å². The molecule has 82 valence electrons. The zero-order chi connectivity index (χ0) is 10.8. The minimum Gasteiger partial charge on any atom is -0.364 e. The van der Waals surface area contributed by atoms with Crippen LogP contribution < -0.4 is 5.73 Å². The van der Waals surface area contributed by atoms with Gasteiger partial charge in [0.2, 0.25) is 0 Å². The van der Waals surface area contributed by atoms with Crippen LogP contribution in [0.4, 0.5) is 0 Å². The summed E-state index contributed by atoms with van der Waals surface area (Å²) in [5.74, 6) is 0.341. The van der Waals surface area contributed by atoms with E-state index >= 15 is 0 Å².